The minimum atomic E-state index is -0.474. The summed E-state index contributed by atoms with van der Waals surface area (Å²) in [6.07, 6.45) is 0. The van der Waals surface area contributed by atoms with E-state index in [2.05, 4.69) is 44.8 Å². The number of pyridine rings is 1. The number of aromatic nitrogens is 1. The molecule has 5 heteroatoms. The Balaban J connectivity index is 2.20. The highest BCUT2D eigenvalue weighted by atomic mass is 16.1. The summed E-state index contributed by atoms with van der Waals surface area (Å²) in [5.41, 5.74) is 14.9. The Morgan fingerprint density at radius 1 is 1.04 bits per heavy atom. The molecule has 4 N–H and O–H groups in total. The van der Waals surface area contributed by atoms with Crippen LogP contribution in [0.15, 0.2) is 59.6 Å². The number of guanidine groups is 1. The predicted molar refractivity (Wildman–Crippen MR) is 115 cm³/mol. The first-order valence-corrected chi connectivity index (χ1v) is 9.35. The molecule has 1 amide bonds. The molecular weight excluding hydrogens is 348 g/mol. The number of aliphatic imine (C=N–C) groups is 1. The summed E-state index contributed by atoms with van der Waals surface area (Å²) >= 11 is 0. The van der Waals surface area contributed by atoms with Gasteiger partial charge in [-0.25, -0.2) is 4.98 Å². The fraction of sp³-hybridized carbons (Fsp3) is 0.261. The van der Waals surface area contributed by atoms with Crippen LogP contribution in [0.3, 0.4) is 0 Å². The molecule has 2 aromatic carbocycles. The van der Waals surface area contributed by atoms with Crippen molar-refractivity contribution in [2.24, 2.45) is 22.4 Å². The lowest BCUT2D eigenvalue weighted by atomic mass is 9.75. The number of nitrogens with two attached hydrogens (primary N) is 2. The van der Waals surface area contributed by atoms with E-state index in [1.165, 1.54) is 5.56 Å². The van der Waals surface area contributed by atoms with Crippen molar-refractivity contribution in [3.8, 4) is 11.3 Å². The molecule has 3 aromatic rings. The Kier molecular flexibility index (Phi) is 5.18. The first-order chi connectivity index (χ1) is 13.2. The molecule has 28 heavy (non-hydrogen) atoms. The number of hydrogen-bond acceptors (Lipinski definition) is 2. The third-order valence-electron chi connectivity index (χ3n) is 5.52. The number of fused-ring (bicyclic) bond motifs is 1. The van der Waals surface area contributed by atoms with E-state index in [4.69, 9.17) is 16.5 Å². The van der Waals surface area contributed by atoms with E-state index in [9.17, 15) is 4.79 Å². The molecule has 0 bridgehead atoms. The highest BCUT2D eigenvalue weighted by molar-refractivity contribution is 6.10. The number of amides is 1. The smallest absolute Gasteiger partial charge is 0.280 e. The third-order valence-corrected chi connectivity index (χ3v) is 5.52. The zero-order chi connectivity index (χ0) is 20.5. The van der Waals surface area contributed by atoms with Crippen LogP contribution >= 0.6 is 0 Å². The topological polar surface area (TPSA) is 94.4 Å². The summed E-state index contributed by atoms with van der Waals surface area (Å²) in [5.74, 6) is -0.252. The van der Waals surface area contributed by atoms with Crippen LogP contribution in [0.1, 0.15) is 43.6 Å². The summed E-state index contributed by atoms with van der Waals surface area (Å²) < 4.78 is 0. The molecule has 0 aliphatic heterocycles. The number of para-hydroxylation sites is 1. The second-order valence-corrected chi connectivity index (χ2v) is 7.87. The second kappa shape index (κ2) is 7.43. The van der Waals surface area contributed by atoms with Crippen LogP contribution in [-0.2, 0) is 5.41 Å². The van der Waals surface area contributed by atoms with Crippen LogP contribution < -0.4 is 11.5 Å². The number of rotatable bonds is 4. The van der Waals surface area contributed by atoms with Crippen LogP contribution in [0.25, 0.3) is 22.2 Å². The maximum Gasteiger partial charge on any atom is 0.280 e. The van der Waals surface area contributed by atoms with Crippen molar-refractivity contribution < 1.29 is 4.79 Å². The molecule has 0 fully saturated rings. The van der Waals surface area contributed by atoms with E-state index in [1.54, 1.807) is 6.07 Å². The fourth-order valence-electron chi connectivity index (χ4n) is 3.09. The Morgan fingerprint density at radius 2 is 1.75 bits per heavy atom. The van der Waals surface area contributed by atoms with E-state index in [0.717, 1.165) is 16.5 Å². The molecule has 1 heterocycles. The quantitative estimate of drug-likeness (QED) is 0.527. The van der Waals surface area contributed by atoms with Crippen LogP contribution in [0.2, 0.25) is 0 Å². The van der Waals surface area contributed by atoms with Gasteiger partial charge in [-0.1, -0.05) is 64.1 Å². The molecule has 0 atom stereocenters. The fourth-order valence-corrected chi connectivity index (χ4v) is 3.09. The van der Waals surface area contributed by atoms with Crippen molar-refractivity contribution in [1.82, 2.24) is 4.98 Å². The SMILES string of the molecule is CC(C)C(C)(C)c1cccc(-c2cc(C(=O)N=C(N)N)c3ccccc3n2)c1. The van der Waals surface area contributed by atoms with Gasteiger partial charge in [-0.15, -0.1) is 0 Å². The molecule has 0 saturated carbocycles. The average molecular weight is 374 g/mol. The second-order valence-electron chi connectivity index (χ2n) is 7.87. The molecule has 1 aromatic heterocycles. The van der Waals surface area contributed by atoms with Gasteiger partial charge in [-0.3, -0.25) is 4.79 Å². The van der Waals surface area contributed by atoms with Crippen LogP contribution in [-0.4, -0.2) is 16.9 Å². The van der Waals surface area contributed by atoms with E-state index >= 15 is 0 Å². The summed E-state index contributed by atoms with van der Waals surface area (Å²) in [6, 6.07) is 17.6. The minimum Gasteiger partial charge on any atom is -0.370 e. The summed E-state index contributed by atoms with van der Waals surface area (Å²) in [5, 5.41) is 0.722. The van der Waals surface area contributed by atoms with Gasteiger partial charge in [0.15, 0.2) is 5.96 Å². The summed E-state index contributed by atoms with van der Waals surface area (Å²) in [6.45, 7) is 8.90. The number of carbonyl (C=O) groups is 1. The number of nitrogens with zero attached hydrogens (tertiary/aromatic N) is 2. The molecule has 144 valence electrons. The molecular formula is C23H26N4O. The van der Waals surface area contributed by atoms with Crippen molar-refractivity contribution in [2.75, 3.05) is 0 Å². The van der Waals surface area contributed by atoms with Gasteiger partial charge in [-0.05, 0) is 35.1 Å². The Morgan fingerprint density at radius 3 is 2.43 bits per heavy atom. The number of carbonyl (C=O) groups excluding carboxylic acids is 1. The minimum absolute atomic E-state index is 0.0177. The molecule has 0 saturated heterocycles. The third kappa shape index (κ3) is 3.74. The Bertz CT molecular complexity index is 1060. The lowest BCUT2D eigenvalue weighted by Gasteiger charge is -2.30. The summed E-state index contributed by atoms with van der Waals surface area (Å²) in [4.78, 5) is 21.1. The maximum atomic E-state index is 12.6. The molecule has 0 aliphatic carbocycles. The molecule has 0 unspecified atom stereocenters. The average Bonchev–Trinajstić information content (AvgIpc) is 2.66. The van der Waals surface area contributed by atoms with Crippen molar-refractivity contribution in [2.45, 2.75) is 33.1 Å². The highest BCUT2D eigenvalue weighted by Gasteiger charge is 2.25. The maximum absolute atomic E-state index is 12.6. The van der Waals surface area contributed by atoms with Crippen molar-refractivity contribution in [1.29, 1.82) is 0 Å². The highest BCUT2D eigenvalue weighted by Crippen LogP contribution is 2.34. The zero-order valence-electron chi connectivity index (χ0n) is 16.7. The van der Waals surface area contributed by atoms with E-state index in [0.29, 0.717) is 17.2 Å². The zero-order valence-corrected chi connectivity index (χ0v) is 16.7. The van der Waals surface area contributed by atoms with Gasteiger partial charge in [-0.2, -0.15) is 4.99 Å². The standard InChI is InChI=1S/C23H26N4O/c1-14(2)23(3,4)16-9-7-8-15(12-16)20-13-18(21(28)27-22(24)25)17-10-5-6-11-19(17)26-20/h5-14H,1-4H3,(H4,24,25,27,28). The largest absolute Gasteiger partial charge is 0.370 e. The van der Waals surface area contributed by atoms with Crippen LogP contribution in [0.4, 0.5) is 0 Å². The predicted octanol–water partition coefficient (Wildman–Crippen LogP) is 4.25. The lowest BCUT2D eigenvalue weighted by Crippen LogP contribution is -2.24. The van der Waals surface area contributed by atoms with Crippen molar-refractivity contribution >= 4 is 22.8 Å². The monoisotopic (exact) mass is 374 g/mol. The van der Waals surface area contributed by atoms with Crippen LogP contribution in [0, 0.1) is 5.92 Å². The molecule has 0 spiro atoms. The van der Waals surface area contributed by atoms with Gasteiger partial charge in [0.25, 0.3) is 5.91 Å². The van der Waals surface area contributed by atoms with Gasteiger partial charge in [0.1, 0.15) is 0 Å². The number of hydrogen-bond donors (Lipinski definition) is 2. The molecule has 3 rings (SSSR count). The van der Waals surface area contributed by atoms with Gasteiger partial charge in [0.2, 0.25) is 0 Å². The van der Waals surface area contributed by atoms with Gasteiger partial charge in [0.05, 0.1) is 16.8 Å². The van der Waals surface area contributed by atoms with E-state index < -0.39 is 5.91 Å². The Labute approximate surface area is 165 Å². The molecule has 0 aliphatic rings. The van der Waals surface area contributed by atoms with Gasteiger partial charge >= 0.3 is 0 Å². The molecule has 5 nitrogen and oxygen atoms in total. The Hall–Kier alpha value is -3.21. The van der Waals surface area contributed by atoms with Crippen LogP contribution in [0.5, 0.6) is 0 Å². The lowest BCUT2D eigenvalue weighted by molar-refractivity contribution is 0.100. The van der Waals surface area contributed by atoms with Crippen molar-refractivity contribution in [3.63, 3.8) is 0 Å². The normalized spacial score (nSPS) is 11.6. The van der Waals surface area contributed by atoms with Gasteiger partial charge in [0, 0.05) is 10.9 Å². The molecule has 0 radical (unpaired) electrons. The number of benzene rings is 2. The summed E-state index contributed by atoms with van der Waals surface area (Å²) in [7, 11) is 0. The van der Waals surface area contributed by atoms with Crippen molar-refractivity contribution in [3.05, 3.63) is 65.7 Å². The van der Waals surface area contributed by atoms with E-state index in [1.807, 2.05) is 36.4 Å². The first kappa shape index (κ1) is 19.5. The van der Waals surface area contributed by atoms with Gasteiger partial charge < -0.3 is 11.5 Å². The first-order valence-electron chi connectivity index (χ1n) is 9.35. The van der Waals surface area contributed by atoms with E-state index in [-0.39, 0.29) is 11.4 Å².